The molecule has 1 aliphatic heterocycles. The van der Waals surface area contributed by atoms with Crippen LogP contribution in [0.15, 0.2) is 59.7 Å². The van der Waals surface area contributed by atoms with Gasteiger partial charge in [0.05, 0.1) is 24.1 Å². The number of nitrogens with one attached hydrogen (secondary N) is 4. The van der Waals surface area contributed by atoms with E-state index in [4.69, 9.17) is 15.6 Å². The lowest BCUT2D eigenvalue weighted by Crippen LogP contribution is -2.43. The Balaban J connectivity index is 0.000000945. The van der Waals surface area contributed by atoms with Crippen molar-refractivity contribution in [3.63, 3.8) is 0 Å². The van der Waals surface area contributed by atoms with E-state index < -0.39 is 5.97 Å². The number of allylic oxidation sites excluding steroid dienone is 1. The summed E-state index contributed by atoms with van der Waals surface area (Å²) < 4.78 is 5.69. The lowest BCUT2D eigenvalue weighted by Gasteiger charge is -2.23. The number of carbonyl (C=O) groups excluding carboxylic acids is 1. The summed E-state index contributed by atoms with van der Waals surface area (Å²) in [6.07, 6.45) is 4.24. The number of unbranched alkanes of at least 4 members (excludes halogenated alkanes) is 1. The van der Waals surface area contributed by atoms with Crippen LogP contribution in [0.5, 0.6) is 5.75 Å². The van der Waals surface area contributed by atoms with E-state index in [0.717, 1.165) is 16.7 Å². The number of aryl methyl sites for hydroxylation is 1. The standard InChI is InChI=1S/C21H23N5O4.C4H10/c1-11-4-9-14(24-15-10-16(22)25-26-18(15)20(27)23-2)19(30-3)17(11)12-5-7-13(8-6-12)21(28)29;1-3-4-2/h4-10,24-26H,22H2,1-3H3,(H,23,27)(H,28,29);3-4H2,1-2H3. The quantitative estimate of drug-likeness (QED) is 0.364. The summed E-state index contributed by atoms with van der Waals surface area (Å²) in [4.78, 5) is 23.3. The van der Waals surface area contributed by atoms with Gasteiger partial charge in [-0.15, -0.1) is 0 Å². The van der Waals surface area contributed by atoms with Crippen molar-refractivity contribution in [2.24, 2.45) is 5.73 Å². The van der Waals surface area contributed by atoms with Gasteiger partial charge in [0.1, 0.15) is 17.3 Å². The Morgan fingerprint density at radius 2 is 1.71 bits per heavy atom. The highest BCUT2D eigenvalue weighted by Gasteiger charge is 2.20. The van der Waals surface area contributed by atoms with E-state index in [1.54, 1.807) is 37.5 Å². The van der Waals surface area contributed by atoms with Gasteiger partial charge in [-0.2, -0.15) is 0 Å². The van der Waals surface area contributed by atoms with Crippen molar-refractivity contribution in [2.45, 2.75) is 33.6 Å². The molecule has 1 aliphatic rings. The van der Waals surface area contributed by atoms with Gasteiger partial charge in [-0.25, -0.2) is 4.79 Å². The predicted molar refractivity (Wildman–Crippen MR) is 134 cm³/mol. The maximum Gasteiger partial charge on any atom is 0.335 e. The highest BCUT2D eigenvalue weighted by molar-refractivity contribution is 5.95. The third-order valence-electron chi connectivity index (χ3n) is 5.12. The van der Waals surface area contributed by atoms with Gasteiger partial charge in [-0.1, -0.05) is 44.9 Å². The summed E-state index contributed by atoms with van der Waals surface area (Å²) in [7, 11) is 3.08. The molecule has 0 aliphatic carbocycles. The van der Waals surface area contributed by atoms with Crippen molar-refractivity contribution in [2.75, 3.05) is 19.5 Å². The van der Waals surface area contributed by atoms with Gasteiger partial charge in [0.25, 0.3) is 5.91 Å². The van der Waals surface area contributed by atoms with Gasteiger partial charge in [-0.3, -0.25) is 15.6 Å². The van der Waals surface area contributed by atoms with E-state index in [2.05, 4.69) is 35.3 Å². The molecule has 2 aromatic carbocycles. The lowest BCUT2D eigenvalue weighted by atomic mass is 9.97. The lowest BCUT2D eigenvalue weighted by molar-refractivity contribution is -0.117. The van der Waals surface area contributed by atoms with Crippen LogP contribution in [-0.2, 0) is 4.79 Å². The number of likely N-dealkylation sites (N-methyl/N-ethyl adjacent to an activating group) is 1. The van der Waals surface area contributed by atoms with Crippen LogP contribution in [0.3, 0.4) is 0 Å². The third-order valence-corrected chi connectivity index (χ3v) is 5.12. The van der Waals surface area contributed by atoms with Gasteiger partial charge < -0.3 is 26.2 Å². The number of aromatic carboxylic acids is 1. The molecule has 0 bridgehead atoms. The number of carbonyl (C=O) groups is 2. The van der Waals surface area contributed by atoms with Crippen molar-refractivity contribution < 1.29 is 19.4 Å². The molecule has 3 rings (SSSR count). The number of hydrogen-bond acceptors (Lipinski definition) is 7. The molecule has 2 aromatic rings. The smallest absolute Gasteiger partial charge is 0.335 e. The second kappa shape index (κ2) is 12.2. The minimum Gasteiger partial charge on any atom is -0.494 e. The molecule has 0 aromatic heterocycles. The minimum absolute atomic E-state index is 0.200. The molecule has 7 N–H and O–H groups in total. The Kier molecular flexibility index (Phi) is 9.37. The van der Waals surface area contributed by atoms with Crippen LogP contribution < -0.4 is 32.0 Å². The average Bonchev–Trinajstić information content (AvgIpc) is 2.84. The van der Waals surface area contributed by atoms with Crippen LogP contribution in [0.4, 0.5) is 5.69 Å². The second-order valence-electron chi connectivity index (χ2n) is 7.56. The fourth-order valence-corrected chi connectivity index (χ4v) is 3.14. The Morgan fingerprint density at radius 3 is 2.24 bits per heavy atom. The molecule has 0 spiro atoms. The van der Waals surface area contributed by atoms with Crippen molar-refractivity contribution in [1.82, 2.24) is 16.2 Å². The summed E-state index contributed by atoms with van der Waals surface area (Å²) >= 11 is 0. The summed E-state index contributed by atoms with van der Waals surface area (Å²) in [5, 5.41) is 14.9. The van der Waals surface area contributed by atoms with Gasteiger partial charge >= 0.3 is 5.97 Å². The summed E-state index contributed by atoms with van der Waals surface area (Å²) in [5.41, 5.74) is 15.4. The summed E-state index contributed by atoms with van der Waals surface area (Å²) in [5.74, 6) is -0.436. The molecular formula is C25H33N5O4. The molecule has 1 heterocycles. The van der Waals surface area contributed by atoms with Gasteiger partial charge in [0.2, 0.25) is 0 Å². The maximum absolute atomic E-state index is 12.2. The first-order valence-electron chi connectivity index (χ1n) is 11.0. The highest BCUT2D eigenvalue weighted by Crippen LogP contribution is 2.40. The van der Waals surface area contributed by atoms with Crippen molar-refractivity contribution >= 4 is 17.6 Å². The molecule has 0 saturated carbocycles. The van der Waals surface area contributed by atoms with Crippen LogP contribution in [0.2, 0.25) is 0 Å². The Hall–Kier alpha value is -4.14. The number of ether oxygens (including phenoxy) is 1. The fraction of sp³-hybridized carbons (Fsp3) is 0.280. The Labute approximate surface area is 200 Å². The molecular weight excluding hydrogens is 434 g/mol. The first-order chi connectivity index (χ1) is 16.3. The zero-order valence-corrected chi connectivity index (χ0v) is 20.2. The normalized spacial score (nSPS) is 12.3. The summed E-state index contributed by atoms with van der Waals surface area (Å²) in [6, 6.07) is 10.3. The number of hydrazine groups is 1. The maximum atomic E-state index is 12.2. The number of carboxylic acids is 1. The summed E-state index contributed by atoms with van der Waals surface area (Å²) in [6.45, 7) is 6.30. The number of nitrogens with two attached hydrogens (primary N) is 1. The fourth-order valence-electron chi connectivity index (χ4n) is 3.14. The van der Waals surface area contributed by atoms with Gasteiger partial charge in [-0.05, 0) is 36.2 Å². The van der Waals surface area contributed by atoms with Crippen molar-refractivity contribution in [1.29, 1.82) is 0 Å². The third kappa shape index (κ3) is 6.22. The van der Waals surface area contributed by atoms with E-state index in [-0.39, 0.29) is 17.2 Å². The topological polar surface area (TPSA) is 138 Å². The van der Waals surface area contributed by atoms with Gasteiger partial charge in [0, 0.05) is 18.7 Å². The number of carboxylic acid groups (broad SMARTS) is 1. The number of rotatable bonds is 7. The van der Waals surface area contributed by atoms with E-state index in [0.29, 0.717) is 23.0 Å². The molecule has 34 heavy (non-hydrogen) atoms. The first kappa shape index (κ1) is 26.1. The molecule has 0 radical (unpaired) electrons. The van der Waals surface area contributed by atoms with Crippen LogP contribution >= 0.6 is 0 Å². The largest absolute Gasteiger partial charge is 0.494 e. The Morgan fingerprint density at radius 1 is 1.06 bits per heavy atom. The van der Waals surface area contributed by atoms with E-state index in [1.807, 2.05) is 19.1 Å². The molecule has 0 unspecified atom stereocenters. The van der Waals surface area contributed by atoms with Gasteiger partial charge in [0.15, 0.2) is 0 Å². The molecule has 0 fully saturated rings. The van der Waals surface area contributed by atoms with E-state index >= 15 is 0 Å². The SMILES string of the molecule is CCCC.CNC(=O)C1=C(Nc2ccc(C)c(-c3ccc(C(=O)O)cc3)c2OC)C=C(N)NN1. The van der Waals surface area contributed by atoms with Crippen LogP contribution in [0.25, 0.3) is 11.1 Å². The number of methoxy groups -OCH3 is 1. The predicted octanol–water partition coefficient (Wildman–Crippen LogP) is 3.45. The Bertz CT molecular complexity index is 1090. The number of benzene rings is 2. The van der Waals surface area contributed by atoms with Crippen LogP contribution in [-0.4, -0.2) is 31.1 Å². The average molecular weight is 468 g/mol. The van der Waals surface area contributed by atoms with Crippen LogP contribution in [0.1, 0.15) is 42.6 Å². The molecule has 1 amide bonds. The zero-order valence-electron chi connectivity index (χ0n) is 20.2. The first-order valence-corrected chi connectivity index (χ1v) is 11.0. The number of amides is 1. The molecule has 0 atom stereocenters. The molecule has 0 saturated heterocycles. The van der Waals surface area contributed by atoms with Crippen molar-refractivity contribution in [3.05, 3.63) is 70.8 Å². The van der Waals surface area contributed by atoms with Crippen LogP contribution in [0, 0.1) is 6.92 Å². The van der Waals surface area contributed by atoms with E-state index in [9.17, 15) is 9.59 Å². The zero-order chi connectivity index (χ0) is 25.3. The van der Waals surface area contributed by atoms with Crippen molar-refractivity contribution in [3.8, 4) is 16.9 Å². The number of hydrogen-bond donors (Lipinski definition) is 6. The molecule has 182 valence electrons. The van der Waals surface area contributed by atoms with E-state index in [1.165, 1.54) is 19.9 Å². The number of anilines is 1. The highest BCUT2D eigenvalue weighted by atomic mass is 16.5. The monoisotopic (exact) mass is 467 g/mol. The molecule has 9 nitrogen and oxygen atoms in total. The minimum atomic E-state index is -0.989. The second-order valence-corrected chi connectivity index (χ2v) is 7.56. The molecule has 9 heteroatoms.